The van der Waals surface area contributed by atoms with Gasteiger partial charge in [0.2, 0.25) is 6.41 Å². The van der Waals surface area contributed by atoms with Crippen molar-refractivity contribution in [3.8, 4) is 0 Å². The molecule has 1 aliphatic heterocycles. The highest BCUT2D eigenvalue weighted by Crippen LogP contribution is 2.19. The van der Waals surface area contributed by atoms with Crippen LogP contribution >= 0.6 is 0 Å². The molecule has 0 radical (unpaired) electrons. The molecule has 1 aliphatic rings. The van der Waals surface area contributed by atoms with Crippen molar-refractivity contribution in [2.75, 3.05) is 13.1 Å². The van der Waals surface area contributed by atoms with Gasteiger partial charge < -0.3 is 10.3 Å². The Morgan fingerprint density at radius 1 is 1.54 bits per heavy atom. The molecule has 0 saturated carbocycles. The maximum Gasteiger partial charge on any atom is 0.209 e. The molecule has 0 aromatic rings. The molecule has 3 nitrogen and oxygen atoms in total. The second-order valence-corrected chi connectivity index (χ2v) is 3.69. The topological polar surface area (TPSA) is 44.2 Å². The van der Waals surface area contributed by atoms with Crippen molar-refractivity contribution >= 4 is 12.1 Å². The fourth-order valence-corrected chi connectivity index (χ4v) is 1.83. The summed E-state index contributed by atoms with van der Waals surface area (Å²) >= 11 is 0. The van der Waals surface area contributed by atoms with E-state index in [2.05, 4.69) is 6.92 Å². The molecule has 3 heteroatoms. The minimum atomic E-state index is 0.441. The molecule has 1 N–H and O–H groups in total. The van der Waals surface area contributed by atoms with E-state index in [1.165, 1.54) is 0 Å². The summed E-state index contributed by atoms with van der Waals surface area (Å²) in [5, 5.41) is 7.80. The molecule has 0 aromatic carbocycles. The van der Waals surface area contributed by atoms with Crippen LogP contribution in [0.15, 0.2) is 0 Å². The van der Waals surface area contributed by atoms with E-state index in [9.17, 15) is 4.79 Å². The second-order valence-electron chi connectivity index (χ2n) is 3.69. The third-order valence-electron chi connectivity index (χ3n) is 2.69. The molecule has 0 aliphatic carbocycles. The molecule has 1 rings (SSSR count). The first-order chi connectivity index (χ1) is 6.27. The first kappa shape index (κ1) is 10.2. The van der Waals surface area contributed by atoms with E-state index in [-0.39, 0.29) is 0 Å². The van der Waals surface area contributed by atoms with E-state index >= 15 is 0 Å². The molecule has 0 atom stereocenters. The summed E-state index contributed by atoms with van der Waals surface area (Å²) in [6, 6.07) is 0. The third kappa shape index (κ3) is 2.83. The Bertz CT molecular complexity index is 183. The van der Waals surface area contributed by atoms with E-state index in [1.54, 1.807) is 4.90 Å². The van der Waals surface area contributed by atoms with Gasteiger partial charge in [-0.25, -0.2) is 0 Å². The normalized spacial score (nSPS) is 18.7. The fraction of sp³-hybridized carbons (Fsp3) is 0.800. The number of likely N-dealkylation sites (tertiary alicyclic amines) is 1. The van der Waals surface area contributed by atoms with E-state index in [1.807, 2.05) is 0 Å². The molecule has 1 heterocycles. The predicted octanol–water partition coefficient (Wildman–Crippen LogP) is 1.67. The molecule has 0 unspecified atom stereocenters. The van der Waals surface area contributed by atoms with Crippen molar-refractivity contribution in [1.82, 2.24) is 4.90 Å². The Hall–Kier alpha value is -0.860. The van der Waals surface area contributed by atoms with Gasteiger partial charge in [-0.1, -0.05) is 13.3 Å². The van der Waals surface area contributed by atoms with Gasteiger partial charge in [0, 0.05) is 18.8 Å². The number of nitrogens with zero attached hydrogens (tertiary/aromatic N) is 1. The van der Waals surface area contributed by atoms with Crippen LogP contribution in [0.2, 0.25) is 0 Å². The summed E-state index contributed by atoms with van der Waals surface area (Å²) in [6.45, 7) is 3.77. The highest BCUT2D eigenvalue weighted by atomic mass is 16.1. The zero-order valence-electron chi connectivity index (χ0n) is 8.25. The minimum Gasteiger partial charge on any atom is -0.345 e. The lowest BCUT2D eigenvalue weighted by molar-refractivity contribution is -0.119. The van der Waals surface area contributed by atoms with E-state index in [0.717, 1.165) is 50.9 Å². The standard InChI is InChI=1S/C10H18N2O/c1-2-3-10(11)9-4-6-12(8-13)7-5-9/h8-9,11H,2-7H2,1H3. The highest BCUT2D eigenvalue weighted by molar-refractivity contribution is 5.83. The van der Waals surface area contributed by atoms with Crippen LogP contribution in [-0.4, -0.2) is 30.1 Å². The van der Waals surface area contributed by atoms with Gasteiger partial charge in [0.25, 0.3) is 0 Å². The highest BCUT2D eigenvalue weighted by Gasteiger charge is 2.20. The average Bonchev–Trinajstić information content (AvgIpc) is 2.18. The van der Waals surface area contributed by atoms with Gasteiger partial charge in [0.1, 0.15) is 0 Å². The number of carbonyl (C=O) groups excluding carboxylic acids is 1. The summed E-state index contributed by atoms with van der Waals surface area (Å²) in [4.78, 5) is 12.2. The SMILES string of the molecule is CCCC(=N)C1CCN(C=O)CC1. The largest absolute Gasteiger partial charge is 0.345 e. The lowest BCUT2D eigenvalue weighted by Crippen LogP contribution is -2.35. The average molecular weight is 182 g/mol. The predicted molar refractivity (Wildman–Crippen MR) is 53.0 cm³/mol. The van der Waals surface area contributed by atoms with Crippen LogP contribution in [0.1, 0.15) is 32.6 Å². The number of amides is 1. The van der Waals surface area contributed by atoms with Crippen molar-refractivity contribution in [2.45, 2.75) is 32.6 Å². The molecule has 1 amide bonds. The van der Waals surface area contributed by atoms with Crippen LogP contribution in [0.5, 0.6) is 0 Å². The summed E-state index contributed by atoms with van der Waals surface area (Å²) in [5.74, 6) is 0.441. The second kappa shape index (κ2) is 5.00. The summed E-state index contributed by atoms with van der Waals surface area (Å²) < 4.78 is 0. The third-order valence-corrected chi connectivity index (χ3v) is 2.69. The van der Waals surface area contributed by atoms with E-state index in [0.29, 0.717) is 5.92 Å². The Balaban J connectivity index is 2.31. The Morgan fingerprint density at radius 2 is 2.15 bits per heavy atom. The van der Waals surface area contributed by atoms with Crippen LogP contribution in [0.3, 0.4) is 0 Å². The van der Waals surface area contributed by atoms with Gasteiger partial charge in [0.15, 0.2) is 0 Å². The number of carbonyl (C=O) groups is 1. The smallest absolute Gasteiger partial charge is 0.209 e. The van der Waals surface area contributed by atoms with Gasteiger partial charge in [-0.05, 0) is 25.2 Å². The van der Waals surface area contributed by atoms with Crippen LogP contribution in [0.4, 0.5) is 0 Å². The van der Waals surface area contributed by atoms with Crippen LogP contribution in [-0.2, 0) is 4.79 Å². The van der Waals surface area contributed by atoms with Crippen molar-refractivity contribution in [3.63, 3.8) is 0 Å². The van der Waals surface area contributed by atoms with Gasteiger partial charge in [0.05, 0.1) is 0 Å². The molecule has 0 spiro atoms. The quantitative estimate of drug-likeness (QED) is 0.521. The lowest BCUT2D eigenvalue weighted by Gasteiger charge is -2.29. The molecular weight excluding hydrogens is 164 g/mol. The van der Waals surface area contributed by atoms with Crippen molar-refractivity contribution in [2.24, 2.45) is 5.92 Å². The van der Waals surface area contributed by atoms with Gasteiger partial charge in [-0.15, -0.1) is 0 Å². The van der Waals surface area contributed by atoms with Crippen molar-refractivity contribution in [3.05, 3.63) is 0 Å². The first-order valence-electron chi connectivity index (χ1n) is 5.04. The summed E-state index contributed by atoms with van der Waals surface area (Å²) in [7, 11) is 0. The number of hydrogen-bond acceptors (Lipinski definition) is 2. The van der Waals surface area contributed by atoms with Gasteiger partial charge in [-0.2, -0.15) is 0 Å². The molecule has 1 saturated heterocycles. The Morgan fingerprint density at radius 3 is 2.62 bits per heavy atom. The van der Waals surface area contributed by atoms with Crippen molar-refractivity contribution in [1.29, 1.82) is 5.41 Å². The minimum absolute atomic E-state index is 0.441. The Labute approximate surface area is 79.6 Å². The maximum absolute atomic E-state index is 10.4. The number of nitrogens with one attached hydrogen (secondary N) is 1. The molecular formula is C10H18N2O. The molecule has 0 aromatic heterocycles. The molecule has 1 fully saturated rings. The summed E-state index contributed by atoms with van der Waals surface area (Å²) in [5.41, 5.74) is 0.882. The van der Waals surface area contributed by atoms with Gasteiger partial charge >= 0.3 is 0 Å². The lowest BCUT2D eigenvalue weighted by atomic mass is 9.90. The van der Waals surface area contributed by atoms with Crippen LogP contribution in [0.25, 0.3) is 0 Å². The number of rotatable bonds is 4. The zero-order chi connectivity index (χ0) is 9.68. The van der Waals surface area contributed by atoms with Gasteiger partial charge in [-0.3, -0.25) is 4.79 Å². The number of hydrogen-bond donors (Lipinski definition) is 1. The molecule has 0 bridgehead atoms. The van der Waals surface area contributed by atoms with Crippen molar-refractivity contribution < 1.29 is 4.79 Å². The van der Waals surface area contributed by atoms with Crippen LogP contribution < -0.4 is 0 Å². The monoisotopic (exact) mass is 182 g/mol. The maximum atomic E-state index is 10.4. The van der Waals surface area contributed by atoms with Crippen LogP contribution in [0, 0.1) is 11.3 Å². The molecule has 13 heavy (non-hydrogen) atoms. The first-order valence-corrected chi connectivity index (χ1v) is 5.04. The van der Waals surface area contributed by atoms with E-state index in [4.69, 9.17) is 5.41 Å². The Kier molecular flexibility index (Phi) is 3.93. The van der Waals surface area contributed by atoms with E-state index < -0.39 is 0 Å². The zero-order valence-corrected chi connectivity index (χ0v) is 8.25. The summed E-state index contributed by atoms with van der Waals surface area (Å²) in [6.07, 6.45) is 4.87. The fourth-order valence-electron chi connectivity index (χ4n) is 1.83. The number of piperidine rings is 1. The molecule has 74 valence electrons.